The number of hydrogen-bond donors (Lipinski definition) is 2. The monoisotopic (exact) mass is 565 g/mol. The minimum absolute atomic E-state index is 0.0147. The predicted molar refractivity (Wildman–Crippen MR) is 140 cm³/mol. The lowest BCUT2D eigenvalue weighted by atomic mass is 9.94. The molecule has 0 aliphatic carbocycles. The van der Waals surface area contributed by atoms with E-state index in [1.165, 1.54) is 11.4 Å². The molecule has 0 saturated carbocycles. The third kappa shape index (κ3) is 6.57. The molecule has 1 atom stereocenters. The topological polar surface area (TPSA) is 116 Å². The summed E-state index contributed by atoms with van der Waals surface area (Å²) in [7, 11) is -0.939. The normalized spacial score (nSPS) is 17.2. The Morgan fingerprint density at radius 2 is 1.92 bits per heavy atom. The van der Waals surface area contributed by atoms with E-state index in [1.807, 2.05) is 25.1 Å². The maximum Gasteiger partial charge on any atom is 0.390 e. The molecule has 0 spiro atoms. The molecule has 14 heteroatoms. The molecule has 1 aliphatic rings. The molecule has 1 unspecified atom stereocenters. The van der Waals surface area contributed by atoms with E-state index in [-0.39, 0.29) is 31.2 Å². The summed E-state index contributed by atoms with van der Waals surface area (Å²) in [6.07, 6.45) is -3.06. The molecule has 39 heavy (non-hydrogen) atoms. The third-order valence-corrected chi connectivity index (χ3v) is 8.37. The van der Waals surface area contributed by atoms with Crippen molar-refractivity contribution >= 4 is 27.6 Å². The highest BCUT2D eigenvalue weighted by atomic mass is 32.2. The number of benzene rings is 2. The molecule has 0 radical (unpaired) electrons. The van der Waals surface area contributed by atoms with E-state index in [0.29, 0.717) is 22.6 Å². The average molecular weight is 566 g/mol. The van der Waals surface area contributed by atoms with Crippen LogP contribution in [0.4, 0.5) is 24.5 Å². The summed E-state index contributed by atoms with van der Waals surface area (Å²) in [5.74, 6) is 0.691. The lowest BCUT2D eigenvalue weighted by Crippen LogP contribution is -2.51. The van der Waals surface area contributed by atoms with Crippen LogP contribution in [-0.4, -0.2) is 78.3 Å². The molecule has 2 N–H and O–H groups in total. The fraction of sp³-hybridized carbons (Fsp3) is 0.400. The number of nitrogens with zero attached hydrogens (tertiary/aromatic N) is 5. The zero-order valence-corrected chi connectivity index (χ0v) is 22.6. The van der Waals surface area contributed by atoms with E-state index < -0.39 is 28.7 Å². The summed E-state index contributed by atoms with van der Waals surface area (Å²) in [6, 6.07) is 10.1. The molecule has 4 rings (SSSR count). The van der Waals surface area contributed by atoms with Crippen LogP contribution in [0.2, 0.25) is 0 Å². The van der Waals surface area contributed by atoms with E-state index in [0.717, 1.165) is 28.5 Å². The minimum atomic E-state index is -4.35. The number of ether oxygens (including phenoxy) is 1. The van der Waals surface area contributed by atoms with Crippen LogP contribution in [0.15, 0.2) is 47.6 Å². The third-order valence-electron chi connectivity index (χ3n) is 6.64. The van der Waals surface area contributed by atoms with Gasteiger partial charge in [-0.25, -0.2) is 8.42 Å². The van der Waals surface area contributed by atoms with E-state index in [1.54, 1.807) is 30.2 Å². The summed E-state index contributed by atoms with van der Waals surface area (Å²) in [5.41, 5.74) is 3.30. The van der Waals surface area contributed by atoms with Crippen LogP contribution in [-0.2, 0) is 17.1 Å². The van der Waals surface area contributed by atoms with Gasteiger partial charge in [-0.2, -0.15) is 27.4 Å². The van der Waals surface area contributed by atoms with E-state index >= 15 is 0 Å². The number of aryl methyl sites for hydroxylation is 2. The molecule has 0 amide bonds. The summed E-state index contributed by atoms with van der Waals surface area (Å²) >= 11 is 0. The van der Waals surface area contributed by atoms with Gasteiger partial charge in [0.15, 0.2) is 0 Å². The maximum atomic E-state index is 13.3. The van der Waals surface area contributed by atoms with Gasteiger partial charge in [-0.05, 0) is 54.4 Å². The number of methoxy groups -OCH3 is 1. The Balaban J connectivity index is 1.68. The van der Waals surface area contributed by atoms with Crippen LogP contribution in [0, 0.1) is 12.3 Å². The number of sulfonamides is 1. The second-order valence-corrected chi connectivity index (χ2v) is 11.1. The van der Waals surface area contributed by atoms with Gasteiger partial charge in [0.05, 0.1) is 19.7 Å². The van der Waals surface area contributed by atoms with E-state index in [2.05, 4.69) is 15.5 Å². The van der Waals surface area contributed by atoms with Crippen molar-refractivity contribution < 1.29 is 26.3 Å². The Hall–Kier alpha value is -3.49. The average Bonchev–Trinajstić information content (AvgIpc) is 3.35. The van der Waals surface area contributed by atoms with Crippen LogP contribution in [0.3, 0.4) is 0 Å². The van der Waals surface area contributed by atoms with Crippen molar-refractivity contribution in [1.29, 1.82) is 5.41 Å². The Labute approximate surface area is 224 Å². The number of nitrogens with one attached hydrogen (secondary N) is 2. The lowest BCUT2D eigenvalue weighted by Gasteiger charge is -2.41. The number of hydrogen-bond acceptors (Lipinski definition) is 8. The van der Waals surface area contributed by atoms with Crippen molar-refractivity contribution in [2.75, 3.05) is 38.6 Å². The van der Waals surface area contributed by atoms with Crippen molar-refractivity contribution in [1.82, 2.24) is 24.2 Å². The predicted octanol–water partition coefficient (Wildman–Crippen LogP) is 3.87. The van der Waals surface area contributed by atoms with Crippen LogP contribution < -0.4 is 10.1 Å². The molecule has 10 nitrogen and oxygen atoms in total. The number of rotatable bonds is 9. The first-order valence-corrected chi connectivity index (χ1v) is 13.6. The Kier molecular flexibility index (Phi) is 8.28. The van der Waals surface area contributed by atoms with Gasteiger partial charge in [0.2, 0.25) is 5.03 Å². The molecule has 1 aromatic heterocycles. The smallest absolute Gasteiger partial charge is 0.390 e. The molecule has 2 aromatic carbocycles. The molecule has 0 bridgehead atoms. The van der Waals surface area contributed by atoms with Crippen molar-refractivity contribution in [3.63, 3.8) is 0 Å². The first-order chi connectivity index (χ1) is 18.4. The largest absolute Gasteiger partial charge is 0.497 e. The number of aromatic nitrogens is 3. The van der Waals surface area contributed by atoms with Crippen molar-refractivity contribution in [2.24, 2.45) is 7.05 Å². The highest BCUT2D eigenvalue weighted by Gasteiger charge is 2.38. The van der Waals surface area contributed by atoms with Crippen molar-refractivity contribution in [2.45, 2.75) is 30.6 Å². The van der Waals surface area contributed by atoms with Crippen molar-refractivity contribution in [3.8, 4) is 5.75 Å². The van der Waals surface area contributed by atoms with E-state index in [4.69, 9.17) is 10.1 Å². The fourth-order valence-electron chi connectivity index (χ4n) is 4.58. The number of halogens is 3. The van der Waals surface area contributed by atoms with Gasteiger partial charge in [0.1, 0.15) is 5.75 Å². The van der Waals surface area contributed by atoms with Crippen LogP contribution in [0.25, 0.3) is 0 Å². The van der Waals surface area contributed by atoms with Gasteiger partial charge in [-0.3, -0.25) is 4.90 Å². The number of alkyl halides is 3. The first kappa shape index (κ1) is 28.5. The van der Waals surface area contributed by atoms with Crippen LogP contribution >= 0.6 is 0 Å². The fourth-order valence-corrected chi connectivity index (χ4v) is 5.91. The Morgan fingerprint density at radius 1 is 1.21 bits per heavy atom. The molecule has 1 saturated heterocycles. The van der Waals surface area contributed by atoms with Crippen LogP contribution in [0.1, 0.15) is 29.2 Å². The second-order valence-electron chi connectivity index (χ2n) is 9.25. The molecule has 2 heterocycles. The molecule has 3 aromatic rings. The van der Waals surface area contributed by atoms with Gasteiger partial charge in [-0.1, -0.05) is 0 Å². The van der Waals surface area contributed by atoms with Gasteiger partial charge >= 0.3 is 6.18 Å². The molecular formula is C25H30F3N7O3S. The SMILES string of the molecule is COc1ccc(Nc2cc(C)c(C3CN(S(=O)(=O)c4cnn(C)n4)CCN3CCC(F)(F)F)cc2C=N)cc1. The summed E-state index contributed by atoms with van der Waals surface area (Å²) < 4.78 is 72.4. The lowest BCUT2D eigenvalue weighted by molar-refractivity contribution is -0.140. The summed E-state index contributed by atoms with van der Waals surface area (Å²) in [5, 5.41) is 18.8. The molecular weight excluding hydrogens is 535 g/mol. The minimum Gasteiger partial charge on any atom is -0.497 e. The van der Waals surface area contributed by atoms with Gasteiger partial charge in [-0.15, -0.1) is 5.10 Å². The highest BCUT2D eigenvalue weighted by molar-refractivity contribution is 7.89. The molecule has 1 fully saturated rings. The quantitative estimate of drug-likeness (QED) is 0.379. The van der Waals surface area contributed by atoms with E-state index in [9.17, 15) is 21.6 Å². The highest BCUT2D eigenvalue weighted by Crippen LogP contribution is 2.35. The molecule has 1 aliphatic heterocycles. The molecule has 210 valence electrons. The maximum absolute atomic E-state index is 13.3. The zero-order valence-electron chi connectivity index (χ0n) is 21.7. The Bertz CT molecular complexity index is 1430. The van der Waals surface area contributed by atoms with Crippen LogP contribution in [0.5, 0.6) is 5.75 Å². The Morgan fingerprint density at radius 3 is 2.51 bits per heavy atom. The summed E-state index contributed by atoms with van der Waals surface area (Å²) in [4.78, 5) is 2.79. The second kappa shape index (κ2) is 11.3. The first-order valence-electron chi connectivity index (χ1n) is 12.1. The van der Waals surface area contributed by atoms with Gasteiger partial charge in [0, 0.05) is 62.4 Å². The summed E-state index contributed by atoms with van der Waals surface area (Å²) in [6.45, 7) is 1.59. The number of anilines is 2. The standard InChI is InChI=1S/C25H30F3N7O3S/c1-17-12-22(31-19-4-6-20(38-3)7-5-19)18(14-29)13-21(17)23-16-35(11-10-34(23)9-8-25(26,27)28)39(36,37)24-15-30-33(2)32-24/h4-7,12-15,23,29,31H,8-11,16H2,1-3H3. The van der Waals surface area contributed by atoms with Gasteiger partial charge in [0.25, 0.3) is 10.0 Å². The van der Waals surface area contributed by atoms with Gasteiger partial charge < -0.3 is 15.5 Å². The van der Waals surface area contributed by atoms with Crippen molar-refractivity contribution in [3.05, 3.63) is 59.3 Å². The zero-order chi connectivity index (χ0) is 28.4. The number of piperazine rings is 1.